The van der Waals surface area contributed by atoms with Crippen LogP contribution in [0.25, 0.3) is 11.0 Å². The van der Waals surface area contributed by atoms with E-state index in [0.717, 1.165) is 41.2 Å². The number of nitrogens with one attached hydrogen (secondary N) is 1. The summed E-state index contributed by atoms with van der Waals surface area (Å²) in [6.45, 7) is 1.56. The number of imidazole rings is 1. The van der Waals surface area contributed by atoms with Crippen LogP contribution >= 0.6 is 11.8 Å². The second kappa shape index (κ2) is 10.5. The number of carbonyl (C=O) groups excluding carboxylic acids is 2. The van der Waals surface area contributed by atoms with Gasteiger partial charge in [0, 0.05) is 13.2 Å². The topological polar surface area (TPSA) is 82.5 Å². The molecule has 3 aromatic rings. The summed E-state index contributed by atoms with van der Waals surface area (Å²) in [5.74, 6) is -0.683. The van der Waals surface area contributed by atoms with Crippen LogP contribution in [0.2, 0.25) is 0 Å². The Morgan fingerprint density at radius 1 is 1.16 bits per heavy atom. The van der Waals surface area contributed by atoms with E-state index in [1.54, 1.807) is 0 Å². The van der Waals surface area contributed by atoms with Crippen molar-refractivity contribution in [2.24, 2.45) is 0 Å². The molecule has 1 atom stereocenters. The lowest BCUT2D eigenvalue weighted by Crippen LogP contribution is -2.35. The van der Waals surface area contributed by atoms with Gasteiger partial charge in [-0.1, -0.05) is 54.2 Å². The number of rotatable bonds is 9. The van der Waals surface area contributed by atoms with Crippen LogP contribution in [0.5, 0.6) is 0 Å². The Kier molecular flexibility index (Phi) is 7.22. The number of amides is 1. The van der Waals surface area contributed by atoms with E-state index in [0.29, 0.717) is 13.1 Å². The first-order valence-corrected chi connectivity index (χ1v) is 11.3. The van der Waals surface area contributed by atoms with Gasteiger partial charge in [0.1, 0.15) is 0 Å². The molecule has 2 aromatic carbocycles. The summed E-state index contributed by atoms with van der Waals surface area (Å²) in [5.41, 5.74) is 3.04. The van der Waals surface area contributed by atoms with Crippen molar-refractivity contribution in [1.82, 2.24) is 14.9 Å². The highest BCUT2D eigenvalue weighted by Gasteiger charge is 2.17. The van der Waals surface area contributed by atoms with Crippen molar-refractivity contribution in [2.45, 2.75) is 30.6 Å². The predicted octanol–water partition coefficient (Wildman–Crippen LogP) is 3.02. The summed E-state index contributed by atoms with van der Waals surface area (Å²) >= 11 is 1.31. The molecule has 0 unspecified atom stereocenters. The van der Waals surface area contributed by atoms with Crippen molar-refractivity contribution in [3.05, 3.63) is 60.2 Å². The van der Waals surface area contributed by atoms with Gasteiger partial charge in [0.15, 0.2) is 11.8 Å². The number of para-hydroxylation sites is 2. The van der Waals surface area contributed by atoms with E-state index in [4.69, 9.17) is 9.47 Å². The van der Waals surface area contributed by atoms with E-state index in [1.165, 1.54) is 11.8 Å². The van der Waals surface area contributed by atoms with E-state index in [9.17, 15) is 9.59 Å². The third kappa shape index (κ3) is 5.86. The minimum absolute atomic E-state index is 0.0628. The van der Waals surface area contributed by atoms with Gasteiger partial charge in [-0.3, -0.25) is 9.59 Å². The minimum atomic E-state index is -0.449. The first-order valence-electron chi connectivity index (χ1n) is 10.3. The molecule has 0 bridgehead atoms. The van der Waals surface area contributed by atoms with Crippen LogP contribution in [0.4, 0.5) is 0 Å². The lowest BCUT2D eigenvalue weighted by Gasteiger charge is -2.11. The molecular weight excluding hydrogens is 414 g/mol. The minimum Gasteiger partial charge on any atom is -0.455 e. The van der Waals surface area contributed by atoms with E-state index in [1.807, 2.05) is 42.5 Å². The van der Waals surface area contributed by atoms with Crippen molar-refractivity contribution < 1.29 is 19.1 Å². The molecule has 1 aliphatic rings. The van der Waals surface area contributed by atoms with E-state index >= 15 is 0 Å². The number of esters is 1. The number of hydrogen-bond donors (Lipinski definition) is 1. The Balaban J connectivity index is 1.32. The molecule has 4 rings (SSSR count). The summed E-state index contributed by atoms with van der Waals surface area (Å²) in [4.78, 5) is 28.7. The number of hydrogen-bond acceptors (Lipinski definition) is 6. The van der Waals surface area contributed by atoms with Crippen LogP contribution in [0.3, 0.4) is 0 Å². The molecule has 7 nitrogen and oxygen atoms in total. The average Bonchev–Trinajstić information content (AvgIpc) is 3.44. The summed E-state index contributed by atoms with van der Waals surface area (Å²) < 4.78 is 12.7. The maximum atomic E-state index is 12.2. The fourth-order valence-electron chi connectivity index (χ4n) is 3.48. The average molecular weight is 440 g/mol. The fraction of sp³-hybridized carbons (Fsp3) is 0.348. The van der Waals surface area contributed by atoms with Crippen molar-refractivity contribution in [3.8, 4) is 0 Å². The molecule has 1 aromatic heterocycles. The van der Waals surface area contributed by atoms with Gasteiger partial charge in [0.25, 0.3) is 5.91 Å². The second-order valence-corrected chi connectivity index (χ2v) is 8.29. The Morgan fingerprint density at radius 2 is 1.97 bits per heavy atom. The molecule has 1 amide bonds. The largest absolute Gasteiger partial charge is 0.455 e. The van der Waals surface area contributed by atoms with E-state index in [2.05, 4.69) is 27.0 Å². The molecular formula is C23H25N3O4S. The maximum absolute atomic E-state index is 12.2. The maximum Gasteiger partial charge on any atom is 0.316 e. The normalized spacial score (nSPS) is 15.8. The molecule has 0 saturated carbocycles. The SMILES string of the molecule is O=C(COC(=O)CSc1nc2ccccc2n1Cc1ccccc1)NC[C@@H]1CCCO1. The van der Waals surface area contributed by atoms with Crippen LogP contribution in [0.1, 0.15) is 18.4 Å². The third-order valence-electron chi connectivity index (χ3n) is 5.04. The van der Waals surface area contributed by atoms with Gasteiger partial charge in [-0.15, -0.1) is 0 Å². The monoisotopic (exact) mass is 439 g/mol. The fourth-order valence-corrected chi connectivity index (χ4v) is 4.29. The van der Waals surface area contributed by atoms with Crippen LogP contribution in [-0.2, 0) is 25.6 Å². The van der Waals surface area contributed by atoms with E-state index < -0.39 is 5.97 Å². The number of nitrogens with zero attached hydrogens (tertiary/aromatic N) is 2. The van der Waals surface area contributed by atoms with Gasteiger partial charge in [-0.25, -0.2) is 4.98 Å². The molecule has 2 heterocycles. The molecule has 1 fully saturated rings. The molecule has 1 N–H and O–H groups in total. The number of ether oxygens (including phenoxy) is 2. The van der Waals surface area contributed by atoms with Gasteiger partial charge >= 0.3 is 5.97 Å². The van der Waals surface area contributed by atoms with Gasteiger partial charge < -0.3 is 19.4 Å². The molecule has 8 heteroatoms. The summed E-state index contributed by atoms with van der Waals surface area (Å²) in [7, 11) is 0. The van der Waals surface area contributed by atoms with Crippen LogP contribution in [-0.4, -0.2) is 53.0 Å². The van der Waals surface area contributed by atoms with E-state index in [-0.39, 0.29) is 24.4 Å². The van der Waals surface area contributed by atoms with Gasteiger partial charge in [-0.05, 0) is 30.5 Å². The Bertz CT molecular complexity index is 1030. The molecule has 0 radical (unpaired) electrons. The highest BCUT2D eigenvalue weighted by Crippen LogP contribution is 2.25. The van der Waals surface area contributed by atoms with Crippen LogP contribution in [0.15, 0.2) is 59.8 Å². The number of fused-ring (bicyclic) bond motifs is 1. The first kappa shape index (κ1) is 21.4. The standard InChI is InChI=1S/C23H25N3O4S/c27-21(24-13-18-9-6-12-29-18)15-30-22(28)16-31-23-25-19-10-4-5-11-20(19)26(23)14-17-7-2-1-3-8-17/h1-5,7-8,10-11,18H,6,9,12-16H2,(H,24,27)/t18-/m0/s1. The van der Waals surface area contributed by atoms with Crippen molar-refractivity contribution in [3.63, 3.8) is 0 Å². The number of carbonyl (C=O) groups is 2. The molecule has 1 saturated heterocycles. The molecule has 1 aliphatic heterocycles. The Labute approximate surface area is 185 Å². The van der Waals surface area contributed by atoms with Gasteiger partial charge in [0.05, 0.1) is 29.4 Å². The Hall–Kier alpha value is -2.84. The van der Waals surface area contributed by atoms with Crippen LogP contribution in [0, 0.1) is 0 Å². The van der Waals surface area contributed by atoms with Gasteiger partial charge in [0.2, 0.25) is 0 Å². The highest BCUT2D eigenvalue weighted by molar-refractivity contribution is 7.99. The summed E-state index contributed by atoms with van der Waals surface area (Å²) in [6.07, 6.45) is 2.02. The third-order valence-corrected chi connectivity index (χ3v) is 5.99. The van der Waals surface area contributed by atoms with Crippen molar-refractivity contribution in [2.75, 3.05) is 25.5 Å². The lowest BCUT2D eigenvalue weighted by atomic mass is 10.2. The van der Waals surface area contributed by atoms with Crippen molar-refractivity contribution >= 4 is 34.7 Å². The van der Waals surface area contributed by atoms with Crippen LogP contribution < -0.4 is 5.32 Å². The highest BCUT2D eigenvalue weighted by atomic mass is 32.2. The molecule has 0 spiro atoms. The Morgan fingerprint density at radius 3 is 2.77 bits per heavy atom. The summed E-state index contributed by atoms with van der Waals surface area (Å²) in [5, 5.41) is 3.48. The zero-order valence-electron chi connectivity index (χ0n) is 17.2. The summed E-state index contributed by atoms with van der Waals surface area (Å²) in [6, 6.07) is 18.0. The molecule has 31 heavy (non-hydrogen) atoms. The lowest BCUT2D eigenvalue weighted by molar-refractivity contribution is -0.146. The number of thioether (sulfide) groups is 1. The number of aromatic nitrogens is 2. The quantitative estimate of drug-likeness (QED) is 0.408. The predicted molar refractivity (Wildman–Crippen MR) is 119 cm³/mol. The number of benzene rings is 2. The molecule has 162 valence electrons. The smallest absolute Gasteiger partial charge is 0.316 e. The zero-order chi connectivity index (χ0) is 21.5. The second-order valence-electron chi connectivity index (χ2n) is 7.34. The first-order chi connectivity index (χ1) is 15.2. The van der Waals surface area contributed by atoms with Crippen molar-refractivity contribution in [1.29, 1.82) is 0 Å². The molecule has 0 aliphatic carbocycles. The van der Waals surface area contributed by atoms with Gasteiger partial charge in [-0.2, -0.15) is 0 Å². The zero-order valence-corrected chi connectivity index (χ0v) is 18.0.